The van der Waals surface area contributed by atoms with Crippen LogP contribution in [-0.2, 0) is 10.7 Å². The van der Waals surface area contributed by atoms with Crippen LogP contribution in [0.4, 0.5) is 8.78 Å². The molecule has 1 rings (SSSR count). The largest absolute Gasteiger partial charge is 0.345 e. The molecule has 0 saturated carbocycles. The van der Waals surface area contributed by atoms with E-state index in [0.29, 0.717) is 4.47 Å². The third-order valence-electron chi connectivity index (χ3n) is 1.45. The number of carbonyl (C=O) groups is 1. The van der Waals surface area contributed by atoms with E-state index in [4.69, 9.17) is 11.6 Å². The molecule has 0 radical (unpaired) electrons. The van der Waals surface area contributed by atoms with Crippen LogP contribution in [0.25, 0.3) is 0 Å². The summed E-state index contributed by atoms with van der Waals surface area (Å²) < 4.78 is 26.5. The van der Waals surface area contributed by atoms with E-state index in [9.17, 15) is 13.6 Å². The summed E-state index contributed by atoms with van der Waals surface area (Å²) >= 11 is 7.83. The average molecular weight is 269 g/mol. The number of rotatable bonds is 2. The zero-order chi connectivity index (χ0) is 10.1. The molecule has 1 nitrogen and oxygen atoms in total. The van der Waals surface area contributed by atoms with Crippen LogP contribution in [0.3, 0.4) is 0 Å². The van der Waals surface area contributed by atoms with Gasteiger partial charge in [0.05, 0.1) is 0 Å². The normalized spacial score (nSPS) is 11.4. The number of halogens is 4. The lowest BCUT2D eigenvalue weighted by Gasteiger charge is -2.10. The van der Waals surface area contributed by atoms with Gasteiger partial charge in [-0.15, -0.1) is 0 Å². The van der Waals surface area contributed by atoms with Gasteiger partial charge in [0.15, 0.2) is 0 Å². The van der Waals surface area contributed by atoms with Crippen molar-refractivity contribution in [3.05, 3.63) is 34.3 Å². The average Bonchev–Trinajstić information content (AvgIpc) is 2.04. The minimum Gasteiger partial charge on any atom is -0.274 e. The summed E-state index contributed by atoms with van der Waals surface area (Å²) in [6, 6.07) is 5.13. The van der Waals surface area contributed by atoms with Crippen molar-refractivity contribution in [2.45, 2.75) is 5.92 Å². The first kappa shape index (κ1) is 10.6. The molecule has 0 saturated heterocycles. The third kappa shape index (κ3) is 2.25. The number of alkyl halides is 2. The molecule has 1 aromatic rings. The third-order valence-corrected chi connectivity index (χ3v) is 2.22. The van der Waals surface area contributed by atoms with Crippen LogP contribution < -0.4 is 0 Å². The van der Waals surface area contributed by atoms with Crippen molar-refractivity contribution in [2.75, 3.05) is 0 Å². The zero-order valence-corrected chi connectivity index (χ0v) is 8.57. The van der Waals surface area contributed by atoms with E-state index in [1.54, 1.807) is 0 Å². The number of benzene rings is 1. The summed E-state index contributed by atoms with van der Waals surface area (Å²) in [6.45, 7) is 0. The van der Waals surface area contributed by atoms with Gasteiger partial charge in [0, 0.05) is 10.0 Å². The molecule has 0 atom stereocenters. The summed E-state index contributed by atoms with van der Waals surface area (Å²) in [4.78, 5) is 10.4. The van der Waals surface area contributed by atoms with Crippen LogP contribution in [0.2, 0.25) is 0 Å². The first-order chi connectivity index (χ1) is 5.94. The van der Waals surface area contributed by atoms with E-state index in [-0.39, 0.29) is 0 Å². The monoisotopic (exact) mass is 268 g/mol. The fourth-order valence-corrected chi connectivity index (χ4v) is 1.15. The molecule has 0 aromatic heterocycles. The maximum atomic E-state index is 12.9. The van der Waals surface area contributed by atoms with Crippen molar-refractivity contribution in [1.29, 1.82) is 0 Å². The fraction of sp³-hybridized carbons (Fsp3) is 0.125. The Bertz CT molecular complexity index is 323. The second kappa shape index (κ2) is 3.72. The van der Waals surface area contributed by atoms with Crippen LogP contribution >= 0.6 is 27.5 Å². The van der Waals surface area contributed by atoms with Crippen molar-refractivity contribution >= 4 is 32.8 Å². The Balaban J connectivity index is 3.08. The molecule has 0 bridgehead atoms. The van der Waals surface area contributed by atoms with E-state index in [1.807, 2.05) is 0 Å². The highest BCUT2D eigenvalue weighted by Crippen LogP contribution is 2.30. The summed E-state index contributed by atoms with van der Waals surface area (Å²) in [5.41, 5.74) is -0.407. The summed E-state index contributed by atoms with van der Waals surface area (Å²) in [7, 11) is 0. The summed E-state index contributed by atoms with van der Waals surface area (Å²) in [6.07, 6.45) is 0. The molecule has 0 amide bonds. The Morgan fingerprint density at radius 1 is 1.31 bits per heavy atom. The van der Waals surface area contributed by atoms with Crippen LogP contribution in [0.15, 0.2) is 28.7 Å². The van der Waals surface area contributed by atoms with Gasteiger partial charge >= 0.3 is 5.92 Å². The Morgan fingerprint density at radius 2 is 1.77 bits per heavy atom. The minimum atomic E-state index is -3.61. The quantitative estimate of drug-likeness (QED) is 0.753. The lowest BCUT2D eigenvalue weighted by molar-refractivity contribution is -0.135. The molecule has 0 spiro atoms. The second-order valence-corrected chi connectivity index (χ2v) is 3.61. The molecule has 5 heteroatoms. The van der Waals surface area contributed by atoms with Gasteiger partial charge in [-0.05, 0) is 23.7 Å². The first-order valence-corrected chi connectivity index (χ1v) is 4.45. The van der Waals surface area contributed by atoms with Crippen molar-refractivity contribution in [3.8, 4) is 0 Å². The fourth-order valence-electron chi connectivity index (χ4n) is 0.773. The van der Waals surface area contributed by atoms with Crippen molar-refractivity contribution < 1.29 is 13.6 Å². The summed E-state index contributed by atoms with van der Waals surface area (Å²) in [5, 5.41) is -1.67. The highest BCUT2D eigenvalue weighted by atomic mass is 79.9. The molecule has 70 valence electrons. The molecule has 0 heterocycles. The van der Waals surface area contributed by atoms with Crippen molar-refractivity contribution in [1.82, 2.24) is 0 Å². The van der Waals surface area contributed by atoms with Gasteiger partial charge in [-0.1, -0.05) is 28.1 Å². The smallest absolute Gasteiger partial charge is 0.274 e. The molecule has 13 heavy (non-hydrogen) atoms. The maximum Gasteiger partial charge on any atom is 0.345 e. The Morgan fingerprint density at radius 3 is 2.15 bits per heavy atom. The predicted octanol–water partition coefficient (Wildman–Crippen LogP) is 3.31. The number of carbonyl (C=O) groups excluding carboxylic acids is 1. The Labute approximate surface area is 86.8 Å². The van der Waals surface area contributed by atoms with E-state index in [2.05, 4.69) is 15.9 Å². The van der Waals surface area contributed by atoms with Gasteiger partial charge in [0.2, 0.25) is 0 Å². The Hall–Kier alpha value is -0.480. The Kier molecular flexibility index (Phi) is 3.03. The molecular weight excluding hydrogens is 265 g/mol. The SMILES string of the molecule is O=C(Cl)C(F)(F)c1ccc(Br)cc1. The van der Waals surface area contributed by atoms with Gasteiger partial charge in [-0.3, -0.25) is 4.79 Å². The van der Waals surface area contributed by atoms with Crippen LogP contribution in [0.1, 0.15) is 5.56 Å². The molecule has 1 aromatic carbocycles. The standard InChI is InChI=1S/C8H4BrClF2O/c9-6-3-1-5(2-4-6)8(11,12)7(10)13/h1-4H. The maximum absolute atomic E-state index is 12.9. The van der Waals surface area contributed by atoms with E-state index < -0.39 is 16.7 Å². The predicted molar refractivity (Wildman–Crippen MR) is 48.9 cm³/mol. The van der Waals surface area contributed by atoms with Gasteiger partial charge < -0.3 is 0 Å². The molecular formula is C8H4BrClF2O. The second-order valence-electron chi connectivity index (χ2n) is 2.35. The van der Waals surface area contributed by atoms with Gasteiger partial charge in [0.25, 0.3) is 5.24 Å². The van der Waals surface area contributed by atoms with Gasteiger partial charge in [-0.2, -0.15) is 8.78 Å². The number of hydrogen-bond donors (Lipinski definition) is 0. The van der Waals surface area contributed by atoms with Crippen LogP contribution in [0.5, 0.6) is 0 Å². The van der Waals surface area contributed by atoms with Crippen molar-refractivity contribution in [3.63, 3.8) is 0 Å². The van der Waals surface area contributed by atoms with Crippen molar-refractivity contribution in [2.24, 2.45) is 0 Å². The first-order valence-electron chi connectivity index (χ1n) is 3.28. The summed E-state index contributed by atoms with van der Waals surface area (Å²) in [5.74, 6) is -3.61. The molecule has 0 aliphatic carbocycles. The number of hydrogen-bond acceptors (Lipinski definition) is 1. The molecule has 0 aliphatic heterocycles. The minimum absolute atomic E-state index is 0.407. The molecule has 0 aliphatic rings. The highest BCUT2D eigenvalue weighted by molar-refractivity contribution is 9.10. The van der Waals surface area contributed by atoms with Crippen LogP contribution in [-0.4, -0.2) is 5.24 Å². The molecule has 0 fully saturated rings. The van der Waals surface area contributed by atoms with E-state index in [1.165, 1.54) is 12.1 Å². The van der Waals surface area contributed by atoms with E-state index >= 15 is 0 Å². The highest BCUT2D eigenvalue weighted by Gasteiger charge is 2.39. The van der Waals surface area contributed by atoms with E-state index in [0.717, 1.165) is 12.1 Å². The topological polar surface area (TPSA) is 17.1 Å². The lowest BCUT2D eigenvalue weighted by Crippen LogP contribution is -2.20. The molecule has 0 unspecified atom stereocenters. The van der Waals surface area contributed by atoms with Gasteiger partial charge in [-0.25, -0.2) is 0 Å². The lowest BCUT2D eigenvalue weighted by atomic mass is 10.1. The van der Waals surface area contributed by atoms with Crippen LogP contribution in [0, 0.1) is 0 Å². The van der Waals surface area contributed by atoms with Gasteiger partial charge in [0.1, 0.15) is 0 Å². The molecule has 0 N–H and O–H groups in total. The zero-order valence-electron chi connectivity index (χ0n) is 6.23.